The first-order valence-corrected chi connectivity index (χ1v) is 6.35. The van der Waals surface area contributed by atoms with E-state index in [-0.39, 0.29) is 0 Å². The van der Waals surface area contributed by atoms with Crippen LogP contribution in [0.1, 0.15) is 10.4 Å². The molecular weight excluding hydrogens is 270 g/mol. The Morgan fingerprint density at radius 2 is 2.39 bits per heavy atom. The van der Waals surface area contributed by atoms with Gasteiger partial charge in [0.15, 0.2) is 4.47 Å². The Morgan fingerprint density at radius 1 is 1.56 bits per heavy atom. The van der Waals surface area contributed by atoms with Gasteiger partial charge in [-0.25, -0.2) is 4.98 Å². The van der Waals surface area contributed by atoms with E-state index >= 15 is 0 Å². The van der Waals surface area contributed by atoms with E-state index in [0.717, 1.165) is 4.88 Å². The Hall–Kier alpha value is -1.77. The highest BCUT2D eigenvalue weighted by molar-refractivity contribution is 7.15. The number of halogens is 1. The van der Waals surface area contributed by atoms with E-state index in [9.17, 15) is 0 Å². The molecule has 0 atom stereocenters. The summed E-state index contributed by atoms with van der Waals surface area (Å²) in [6.07, 6.45) is 1.71. The number of ether oxygens (including phenoxy) is 1. The molecule has 0 radical (unpaired) electrons. The molecule has 0 saturated heterocycles. The summed E-state index contributed by atoms with van der Waals surface area (Å²) in [6, 6.07) is 7.46. The van der Waals surface area contributed by atoms with Crippen molar-refractivity contribution in [1.29, 1.82) is 5.26 Å². The van der Waals surface area contributed by atoms with E-state index in [0.29, 0.717) is 28.0 Å². The number of hydrogen-bond donors (Lipinski definition) is 1. The van der Waals surface area contributed by atoms with Gasteiger partial charge in [0, 0.05) is 11.1 Å². The zero-order chi connectivity index (χ0) is 13.0. The molecular formula is C12H10ClN3OS. The highest BCUT2D eigenvalue weighted by Crippen LogP contribution is 2.29. The number of nitrogens with one attached hydrogen (secondary N) is 1. The first-order chi connectivity index (χ1) is 8.74. The quantitative estimate of drug-likeness (QED) is 0.933. The number of methoxy groups -OCH3 is 1. The van der Waals surface area contributed by atoms with Crippen LogP contribution < -0.4 is 10.1 Å². The fourth-order valence-corrected chi connectivity index (χ4v) is 2.44. The van der Waals surface area contributed by atoms with Crippen LogP contribution in [0, 0.1) is 11.3 Å². The second-order valence-electron chi connectivity index (χ2n) is 3.43. The lowest BCUT2D eigenvalue weighted by atomic mass is 10.2. The molecule has 1 N–H and O–H groups in total. The predicted octanol–water partition coefficient (Wildman–Crippen LogP) is 3.29. The predicted molar refractivity (Wildman–Crippen MR) is 72.2 cm³/mol. The fraction of sp³-hybridized carbons (Fsp3) is 0.167. The van der Waals surface area contributed by atoms with Gasteiger partial charge in [0.2, 0.25) is 0 Å². The summed E-state index contributed by atoms with van der Waals surface area (Å²) in [7, 11) is 1.57. The van der Waals surface area contributed by atoms with Crippen molar-refractivity contribution in [3.63, 3.8) is 0 Å². The molecule has 4 nitrogen and oxygen atoms in total. The number of para-hydroxylation sites is 1. The summed E-state index contributed by atoms with van der Waals surface area (Å²) in [5, 5.41) is 12.2. The minimum absolute atomic E-state index is 0.507. The van der Waals surface area contributed by atoms with Crippen LogP contribution in [-0.4, -0.2) is 12.1 Å². The van der Waals surface area contributed by atoms with E-state index < -0.39 is 0 Å². The maximum atomic E-state index is 9.06. The lowest BCUT2D eigenvalue weighted by Gasteiger charge is -2.11. The molecule has 6 heteroatoms. The molecule has 1 aromatic heterocycles. The van der Waals surface area contributed by atoms with Crippen molar-refractivity contribution in [2.24, 2.45) is 0 Å². The average Bonchev–Trinajstić information content (AvgIpc) is 2.81. The monoisotopic (exact) mass is 279 g/mol. The number of anilines is 1. The van der Waals surface area contributed by atoms with Crippen LogP contribution >= 0.6 is 22.9 Å². The van der Waals surface area contributed by atoms with Crippen molar-refractivity contribution in [3.8, 4) is 11.8 Å². The van der Waals surface area contributed by atoms with E-state index in [1.54, 1.807) is 25.4 Å². The minimum atomic E-state index is 0.507. The number of thiazole rings is 1. The second-order valence-corrected chi connectivity index (χ2v) is 5.13. The molecule has 0 aliphatic carbocycles. The lowest BCUT2D eigenvalue weighted by molar-refractivity contribution is 0.416. The fourth-order valence-electron chi connectivity index (χ4n) is 1.52. The Labute approximate surface area is 114 Å². The van der Waals surface area contributed by atoms with Crippen molar-refractivity contribution >= 4 is 28.6 Å². The SMILES string of the molecule is COc1cccc(C#N)c1NCc1cnc(Cl)s1. The number of benzene rings is 1. The maximum absolute atomic E-state index is 9.06. The molecule has 1 heterocycles. The summed E-state index contributed by atoms with van der Waals surface area (Å²) in [5.41, 5.74) is 1.23. The zero-order valence-electron chi connectivity index (χ0n) is 9.61. The largest absolute Gasteiger partial charge is 0.495 e. The minimum Gasteiger partial charge on any atom is -0.495 e. The number of hydrogen-bond acceptors (Lipinski definition) is 5. The van der Waals surface area contributed by atoms with Gasteiger partial charge in [0.25, 0.3) is 0 Å². The van der Waals surface area contributed by atoms with Crippen molar-refractivity contribution in [2.45, 2.75) is 6.54 Å². The van der Waals surface area contributed by atoms with E-state index in [1.165, 1.54) is 11.3 Å². The van der Waals surface area contributed by atoms with Crippen molar-refractivity contribution in [1.82, 2.24) is 4.98 Å². The first kappa shape index (κ1) is 12.7. The van der Waals surface area contributed by atoms with Crippen LogP contribution in [-0.2, 0) is 6.54 Å². The molecule has 2 rings (SSSR count). The van der Waals surface area contributed by atoms with Gasteiger partial charge in [-0.3, -0.25) is 0 Å². The van der Waals surface area contributed by atoms with Gasteiger partial charge < -0.3 is 10.1 Å². The molecule has 0 spiro atoms. The van der Waals surface area contributed by atoms with E-state index in [1.807, 2.05) is 6.07 Å². The highest BCUT2D eigenvalue weighted by atomic mass is 35.5. The topological polar surface area (TPSA) is 57.9 Å². The molecule has 2 aromatic rings. The molecule has 92 valence electrons. The molecule has 0 bridgehead atoms. The van der Waals surface area contributed by atoms with Gasteiger partial charge in [-0.2, -0.15) is 5.26 Å². The Bertz CT molecular complexity index is 591. The molecule has 0 amide bonds. The zero-order valence-corrected chi connectivity index (χ0v) is 11.2. The number of nitrogens with zero attached hydrogens (tertiary/aromatic N) is 2. The van der Waals surface area contributed by atoms with E-state index in [4.69, 9.17) is 21.6 Å². The van der Waals surface area contributed by atoms with Gasteiger partial charge >= 0.3 is 0 Å². The molecule has 0 aliphatic heterocycles. The highest BCUT2D eigenvalue weighted by Gasteiger charge is 2.09. The summed E-state index contributed by atoms with van der Waals surface area (Å²) < 4.78 is 5.74. The molecule has 0 unspecified atom stereocenters. The van der Waals surface area contributed by atoms with Gasteiger partial charge in [0.1, 0.15) is 11.8 Å². The summed E-state index contributed by atoms with van der Waals surface area (Å²) in [4.78, 5) is 4.96. The van der Waals surface area contributed by atoms with Gasteiger partial charge in [-0.1, -0.05) is 17.7 Å². The number of aromatic nitrogens is 1. The van der Waals surface area contributed by atoms with Crippen LogP contribution in [0.5, 0.6) is 5.75 Å². The average molecular weight is 280 g/mol. The molecule has 0 saturated carbocycles. The smallest absolute Gasteiger partial charge is 0.183 e. The van der Waals surface area contributed by atoms with Crippen molar-refractivity contribution in [3.05, 3.63) is 39.3 Å². The van der Waals surface area contributed by atoms with Crippen molar-refractivity contribution in [2.75, 3.05) is 12.4 Å². The van der Waals surface area contributed by atoms with Gasteiger partial charge in [-0.05, 0) is 12.1 Å². The summed E-state index contributed by atoms with van der Waals surface area (Å²) in [6.45, 7) is 0.555. The van der Waals surface area contributed by atoms with Crippen LogP contribution in [0.25, 0.3) is 0 Å². The normalized spacial score (nSPS) is 9.83. The molecule has 0 aliphatic rings. The van der Waals surface area contributed by atoms with Gasteiger partial charge in [0.05, 0.1) is 24.9 Å². The lowest BCUT2D eigenvalue weighted by Crippen LogP contribution is -2.02. The van der Waals surface area contributed by atoms with Crippen LogP contribution in [0.2, 0.25) is 4.47 Å². The van der Waals surface area contributed by atoms with Crippen LogP contribution in [0.3, 0.4) is 0 Å². The standard InChI is InChI=1S/C12H10ClN3OS/c1-17-10-4-2-3-8(5-14)11(10)15-6-9-7-16-12(13)18-9/h2-4,7,15H,6H2,1H3. The third-order valence-electron chi connectivity index (χ3n) is 2.33. The first-order valence-electron chi connectivity index (χ1n) is 5.15. The summed E-state index contributed by atoms with van der Waals surface area (Å²) >= 11 is 7.16. The van der Waals surface area contributed by atoms with Gasteiger partial charge in [-0.15, -0.1) is 11.3 Å². The third kappa shape index (κ3) is 2.73. The Kier molecular flexibility index (Phi) is 4.03. The van der Waals surface area contributed by atoms with Crippen molar-refractivity contribution < 1.29 is 4.74 Å². The molecule has 1 aromatic carbocycles. The molecule has 18 heavy (non-hydrogen) atoms. The van der Waals surface area contributed by atoms with Crippen LogP contribution in [0.15, 0.2) is 24.4 Å². The van der Waals surface area contributed by atoms with Crippen LogP contribution in [0.4, 0.5) is 5.69 Å². The van der Waals surface area contributed by atoms with E-state index in [2.05, 4.69) is 16.4 Å². The maximum Gasteiger partial charge on any atom is 0.183 e. The summed E-state index contributed by atoms with van der Waals surface area (Å²) in [5.74, 6) is 0.643. The number of nitriles is 1. The molecule has 0 fully saturated rings. The Balaban J connectivity index is 2.20. The number of rotatable bonds is 4. The second kappa shape index (κ2) is 5.71. The Morgan fingerprint density at radius 3 is 3.00 bits per heavy atom. The third-order valence-corrected chi connectivity index (χ3v) is 3.45.